The van der Waals surface area contributed by atoms with Crippen LogP contribution in [-0.2, 0) is 12.8 Å². The SMILES string of the molecule is Cc1cc2c3c(c1)N(c1cccc4c1sc1ccccc14)c1ccccc1B3c1sc3ccccc3c1N2c1cccc2c1CCCC2. The molecule has 0 bridgehead atoms. The van der Waals surface area contributed by atoms with E-state index < -0.39 is 0 Å². The number of hydrogen-bond donors (Lipinski definition) is 0. The summed E-state index contributed by atoms with van der Waals surface area (Å²) in [6, 6.07) is 46.0. The molecule has 4 heterocycles. The molecule has 0 radical (unpaired) electrons. The molecule has 0 saturated heterocycles. The second kappa shape index (κ2) is 10.1. The smallest absolute Gasteiger partial charge is 0.264 e. The predicted molar refractivity (Wildman–Crippen MR) is 210 cm³/mol. The Kier molecular flexibility index (Phi) is 5.71. The zero-order valence-electron chi connectivity index (χ0n) is 26.7. The predicted octanol–water partition coefficient (Wildman–Crippen LogP) is 10.5. The van der Waals surface area contributed by atoms with Crippen molar-refractivity contribution in [1.82, 2.24) is 0 Å². The van der Waals surface area contributed by atoms with E-state index in [1.807, 2.05) is 22.7 Å². The standard InChI is InChI=1S/C43H31BN2S2/c1-26-24-36-40-37(25-26)46(33-20-10-13-27-12-2-3-14-28(27)33)41-31-16-5-9-23-39(31)48-43(41)44(40)32-18-6-7-19-34(32)45(36)35-21-11-17-30-29-15-4-8-22-38(29)47-42(30)35/h4-11,13,15-25H,2-3,12,14H2,1H3. The zero-order chi connectivity index (χ0) is 31.5. The van der Waals surface area contributed by atoms with Crippen LogP contribution in [0.3, 0.4) is 0 Å². The normalized spacial score (nSPS) is 14.7. The summed E-state index contributed by atoms with van der Waals surface area (Å²) >= 11 is 3.90. The number of para-hydroxylation sites is 1. The third kappa shape index (κ3) is 3.63. The van der Waals surface area contributed by atoms with Gasteiger partial charge in [0.05, 0.1) is 16.1 Å². The van der Waals surface area contributed by atoms with Crippen molar-refractivity contribution in [3.63, 3.8) is 0 Å². The summed E-state index contributed by atoms with van der Waals surface area (Å²) < 4.78 is 5.49. The third-order valence-electron chi connectivity index (χ3n) is 10.9. The molecule has 228 valence electrons. The molecule has 0 amide bonds. The number of benzene rings is 6. The summed E-state index contributed by atoms with van der Waals surface area (Å²) in [6.45, 7) is 2.44. The van der Waals surface area contributed by atoms with Crippen LogP contribution < -0.4 is 25.5 Å². The molecule has 3 aliphatic rings. The van der Waals surface area contributed by atoms with Crippen molar-refractivity contribution in [2.24, 2.45) is 0 Å². The third-order valence-corrected chi connectivity index (χ3v) is 13.3. The first kappa shape index (κ1) is 27.2. The van der Waals surface area contributed by atoms with E-state index in [-0.39, 0.29) is 6.71 Å². The minimum Gasteiger partial charge on any atom is -0.310 e. The van der Waals surface area contributed by atoms with Gasteiger partial charge in [0.2, 0.25) is 0 Å². The number of rotatable bonds is 2. The number of anilines is 6. The monoisotopic (exact) mass is 650 g/mol. The van der Waals surface area contributed by atoms with Crippen LogP contribution in [-0.4, -0.2) is 6.71 Å². The highest BCUT2D eigenvalue weighted by molar-refractivity contribution is 7.33. The van der Waals surface area contributed by atoms with Gasteiger partial charge in [-0.15, -0.1) is 22.7 Å². The molecule has 6 aromatic carbocycles. The van der Waals surface area contributed by atoms with Crippen LogP contribution >= 0.6 is 22.7 Å². The number of fused-ring (bicyclic) bond motifs is 10. The van der Waals surface area contributed by atoms with Crippen molar-refractivity contribution in [2.45, 2.75) is 32.6 Å². The van der Waals surface area contributed by atoms with Crippen LogP contribution in [0.5, 0.6) is 0 Å². The highest BCUT2D eigenvalue weighted by Gasteiger charge is 2.45. The topological polar surface area (TPSA) is 6.48 Å². The first-order valence-corrected chi connectivity index (χ1v) is 18.7. The molecule has 2 aromatic heterocycles. The second-order valence-electron chi connectivity index (χ2n) is 13.6. The Bertz CT molecular complexity index is 2630. The Labute approximate surface area is 288 Å². The number of nitrogens with zero attached hydrogens (tertiary/aromatic N) is 2. The maximum atomic E-state index is 2.67. The Hall–Kier alpha value is -4.84. The molecule has 0 unspecified atom stereocenters. The fourth-order valence-electron chi connectivity index (χ4n) is 8.90. The van der Waals surface area contributed by atoms with Crippen LogP contribution in [0.4, 0.5) is 34.1 Å². The van der Waals surface area contributed by atoms with E-state index in [1.165, 1.54) is 116 Å². The van der Waals surface area contributed by atoms with Gasteiger partial charge in [-0.1, -0.05) is 78.9 Å². The van der Waals surface area contributed by atoms with Gasteiger partial charge >= 0.3 is 0 Å². The molecule has 0 fully saturated rings. The highest BCUT2D eigenvalue weighted by atomic mass is 32.1. The average molecular weight is 651 g/mol. The number of hydrogen-bond acceptors (Lipinski definition) is 4. The Morgan fingerprint density at radius 2 is 1.23 bits per heavy atom. The van der Waals surface area contributed by atoms with Crippen LogP contribution in [0.1, 0.15) is 29.5 Å². The summed E-state index contributed by atoms with van der Waals surface area (Å²) in [5.41, 5.74) is 15.1. The lowest BCUT2D eigenvalue weighted by atomic mass is 9.36. The molecule has 2 aliphatic heterocycles. The maximum absolute atomic E-state index is 2.67. The molecule has 0 N–H and O–H groups in total. The van der Waals surface area contributed by atoms with Crippen molar-refractivity contribution in [3.8, 4) is 0 Å². The molecule has 8 aromatic rings. The van der Waals surface area contributed by atoms with Crippen LogP contribution in [0.25, 0.3) is 30.3 Å². The lowest BCUT2D eigenvalue weighted by Gasteiger charge is -2.44. The Morgan fingerprint density at radius 3 is 2.12 bits per heavy atom. The quantitative estimate of drug-likeness (QED) is 0.172. The zero-order valence-corrected chi connectivity index (χ0v) is 28.3. The molecule has 48 heavy (non-hydrogen) atoms. The van der Waals surface area contributed by atoms with Gasteiger partial charge in [0.15, 0.2) is 0 Å². The first-order valence-electron chi connectivity index (χ1n) is 17.1. The van der Waals surface area contributed by atoms with Gasteiger partial charge in [-0.25, -0.2) is 0 Å². The first-order chi connectivity index (χ1) is 23.7. The molecule has 0 spiro atoms. The van der Waals surface area contributed by atoms with Gasteiger partial charge in [-0.2, -0.15) is 0 Å². The minimum absolute atomic E-state index is 0.160. The van der Waals surface area contributed by atoms with E-state index in [2.05, 4.69) is 138 Å². The van der Waals surface area contributed by atoms with E-state index in [9.17, 15) is 0 Å². The van der Waals surface area contributed by atoms with Gasteiger partial charge in [0.1, 0.15) is 0 Å². The van der Waals surface area contributed by atoms with Crippen LogP contribution in [0.2, 0.25) is 0 Å². The van der Waals surface area contributed by atoms with Crippen molar-refractivity contribution >= 4 is 109 Å². The molecule has 2 nitrogen and oxygen atoms in total. The van der Waals surface area contributed by atoms with E-state index in [0.29, 0.717) is 0 Å². The highest BCUT2D eigenvalue weighted by Crippen LogP contribution is 2.51. The summed E-state index contributed by atoms with van der Waals surface area (Å²) in [5.74, 6) is 0. The summed E-state index contributed by atoms with van der Waals surface area (Å²) in [7, 11) is 0. The molecule has 0 atom stereocenters. The van der Waals surface area contributed by atoms with Gasteiger partial charge in [-0.3, -0.25) is 0 Å². The fourth-order valence-corrected chi connectivity index (χ4v) is 11.4. The lowest BCUT2D eigenvalue weighted by molar-refractivity contribution is 0.686. The summed E-state index contributed by atoms with van der Waals surface area (Å²) in [4.78, 5) is 5.26. The minimum atomic E-state index is 0.160. The number of aryl methyl sites for hydroxylation is 2. The van der Waals surface area contributed by atoms with E-state index in [1.54, 1.807) is 0 Å². The molecule has 5 heteroatoms. The van der Waals surface area contributed by atoms with Crippen molar-refractivity contribution in [1.29, 1.82) is 0 Å². The van der Waals surface area contributed by atoms with Crippen LogP contribution in [0.15, 0.2) is 121 Å². The molecule has 11 rings (SSSR count). The average Bonchev–Trinajstić information content (AvgIpc) is 3.70. The van der Waals surface area contributed by atoms with Gasteiger partial charge in [0, 0.05) is 53.1 Å². The van der Waals surface area contributed by atoms with Gasteiger partial charge in [-0.05, 0) is 103 Å². The van der Waals surface area contributed by atoms with Crippen molar-refractivity contribution in [3.05, 3.63) is 138 Å². The van der Waals surface area contributed by atoms with Crippen molar-refractivity contribution in [2.75, 3.05) is 9.80 Å². The van der Waals surface area contributed by atoms with E-state index in [0.717, 1.165) is 6.42 Å². The Morgan fingerprint density at radius 1 is 0.562 bits per heavy atom. The largest absolute Gasteiger partial charge is 0.310 e. The summed E-state index contributed by atoms with van der Waals surface area (Å²) in [5, 5.41) is 4.02. The molecular formula is C43H31BN2S2. The molecule has 1 aliphatic carbocycles. The lowest BCUT2D eigenvalue weighted by Crippen LogP contribution is -2.60. The molecule has 0 saturated carbocycles. The number of thiophene rings is 2. The fraction of sp³-hybridized carbons (Fsp3) is 0.116. The molecular weight excluding hydrogens is 619 g/mol. The van der Waals surface area contributed by atoms with E-state index in [4.69, 9.17) is 0 Å². The second-order valence-corrected chi connectivity index (χ2v) is 15.7. The van der Waals surface area contributed by atoms with E-state index >= 15 is 0 Å². The van der Waals surface area contributed by atoms with Crippen molar-refractivity contribution < 1.29 is 0 Å². The maximum Gasteiger partial charge on any atom is 0.264 e. The van der Waals surface area contributed by atoms with Crippen LogP contribution in [0, 0.1) is 6.92 Å². The summed E-state index contributed by atoms with van der Waals surface area (Å²) in [6.07, 6.45) is 4.84. The Balaban J connectivity index is 1.26. The van der Waals surface area contributed by atoms with Gasteiger partial charge in [0.25, 0.3) is 6.71 Å². The van der Waals surface area contributed by atoms with Gasteiger partial charge < -0.3 is 9.80 Å².